The summed E-state index contributed by atoms with van der Waals surface area (Å²) in [6.45, 7) is 6.74. The zero-order valence-corrected chi connectivity index (χ0v) is 20.8. The topological polar surface area (TPSA) is 66.9 Å². The van der Waals surface area contributed by atoms with E-state index in [9.17, 15) is 14.4 Å². The summed E-state index contributed by atoms with van der Waals surface area (Å²) in [5, 5.41) is 0. The van der Waals surface area contributed by atoms with Gasteiger partial charge in [-0.1, -0.05) is 62.4 Å². The van der Waals surface area contributed by atoms with E-state index in [1.165, 1.54) is 30.1 Å². The lowest BCUT2D eigenvalue weighted by atomic mass is 9.86. The number of nitrogens with zero attached hydrogens (tertiary/aromatic N) is 2. The van der Waals surface area contributed by atoms with Crippen LogP contribution in [-0.2, 0) is 32.0 Å². The molecule has 182 valence electrons. The first kappa shape index (κ1) is 25.5. The number of piperidine rings is 1. The molecule has 0 N–H and O–H groups in total. The predicted molar refractivity (Wildman–Crippen MR) is 132 cm³/mol. The fourth-order valence-electron chi connectivity index (χ4n) is 4.82. The van der Waals surface area contributed by atoms with Crippen molar-refractivity contribution < 1.29 is 19.1 Å². The zero-order chi connectivity index (χ0) is 24.7. The van der Waals surface area contributed by atoms with Crippen LogP contribution in [0.1, 0.15) is 67.8 Å². The molecule has 0 spiro atoms. The van der Waals surface area contributed by atoms with E-state index in [4.69, 9.17) is 4.74 Å². The second kappa shape index (κ2) is 11.8. The third kappa shape index (κ3) is 5.85. The van der Waals surface area contributed by atoms with Crippen LogP contribution in [0.25, 0.3) is 0 Å². The SMILES string of the molecule is CCc1ccc(C(C(=O)OC)N(CC(=O)N2CCC(c3ccccc3CC)CC2)C(C)=O)cc1. The summed E-state index contributed by atoms with van der Waals surface area (Å²) in [5.41, 5.74) is 4.51. The van der Waals surface area contributed by atoms with Crippen LogP contribution in [-0.4, -0.2) is 54.3 Å². The molecule has 1 fully saturated rings. The molecule has 1 saturated heterocycles. The van der Waals surface area contributed by atoms with Gasteiger partial charge in [-0.15, -0.1) is 0 Å². The maximum atomic E-state index is 13.2. The molecule has 6 heteroatoms. The van der Waals surface area contributed by atoms with Crippen LogP contribution in [0.2, 0.25) is 0 Å². The van der Waals surface area contributed by atoms with E-state index in [0.29, 0.717) is 24.6 Å². The summed E-state index contributed by atoms with van der Waals surface area (Å²) in [6, 6.07) is 15.1. The number of hydrogen-bond acceptors (Lipinski definition) is 4. The Balaban J connectivity index is 1.72. The van der Waals surface area contributed by atoms with Crippen molar-refractivity contribution in [3.8, 4) is 0 Å². The van der Waals surface area contributed by atoms with Crippen molar-refractivity contribution in [2.45, 2.75) is 58.4 Å². The van der Waals surface area contributed by atoms with Gasteiger partial charge in [0.15, 0.2) is 6.04 Å². The Morgan fingerprint density at radius 2 is 1.65 bits per heavy atom. The molecule has 1 aliphatic heterocycles. The van der Waals surface area contributed by atoms with Crippen LogP contribution < -0.4 is 0 Å². The number of hydrogen-bond donors (Lipinski definition) is 0. The molecule has 2 aromatic rings. The number of likely N-dealkylation sites (tertiary alicyclic amines) is 1. The summed E-state index contributed by atoms with van der Waals surface area (Å²) in [4.78, 5) is 41.6. The van der Waals surface area contributed by atoms with Crippen molar-refractivity contribution in [2.75, 3.05) is 26.7 Å². The third-order valence-corrected chi connectivity index (χ3v) is 6.87. The molecule has 2 amide bonds. The number of aryl methyl sites for hydroxylation is 2. The summed E-state index contributed by atoms with van der Waals surface area (Å²) in [6.07, 6.45) is 3.65. The van der Waals surface area contributed by atoms with Gasteiger partial charge in [0.1, 0.15) is 6.54 Å². The first-order valence-corrected chi connectivity index (χ1v) is 12.2. The molecule has 1 unspecified atom stereocenters. The zero-order valence-electron chi connectivity index (χ0n) is 20.8. The van der Waals surface area contributed by atoms with Gasteiger partial charge in [-0.25, -0.2) is 4.79 Å². The smallest absolute Gasteiger partial charge is 0.333 e. The molecule has 3 rings (SSSR count). The number of carbonyl (C=O) groups excluding carboxylic acids is 3. The molecule has 0 radical (unpaired) electrons. The highest BCUT2D eigenvalue weighted by Crippen LogP contribution is 2.31. The number of methoxy groups -OCH3 is 1. The molecule has 6 nitrogen and oxygen atoms in total. The number of ether oxygens (including phenoxy) is 1. The predicted octanol–water partition coefficient (Wildman–Crippen LogP) is 4.28. The van der Waals surface area contributed by atoms with Crippen molar-refractivity contribution in [1.29, 1.82) is 0 Å². The Labute approximate surface area is 202 Å². The molecule has 0 aliphatic carbocycles. The quantitative estimate of drug-likeness (QED) is 0.547. The van der Waals surface area contributed by atoms with E-state index in [2.05, 4.69) is 38.1 Å². The van der Waals surface area contributed by atoms with Crippen molar-refractivity contribution in [2.24, 2.45) is 0 Å². The van der Waals surface area contributed by atoms with Gasteiger partial charge >= 0.3 is 5.97 Å². The van der Waals surface area contributed by atoms with Crippen molar-refractivity contribution >= 4 is 17.8 Å². The van der Waals surface area contributed by atoms with E-state index in [-0.39, 0.29) is 18.4 Å². The molecule has 0 aromatic heterocycles. The minimum Gasteiger partial charge on any atom is -0.467 e. The van der Waals surface area contributed by atoms with Gasteiger partial charge in [0.2, 0.25) is 11.8 Å². The number of benzene rings is 2. The average Bonchev–Trinajstić information content (AvgIpc) is 2.88. The Bertz CT molecular complexity index is 994. The van der Waals surface area contributed by atoms with E-state index in [0.717, 1.165) is 31.2 Å². The van der Waals surface area contributed by atoms with E-state index >= 15 is 0 Å². The number of esters is 1. The monoisotopic (exact) mass is 464 g/mol. The number of amides is 2. The van der Waals surface area contributed by atoms with Gasteiger partial charge in [0.05, 0.1) is 7.11 Å². The lowest BCUT2D eigenvalue weighted by molar-refractivity contribution is -0.155. The molecule has 34 heavy (non-hydrogen) atoms. The number of rotatable bonds is 8. The normalized spacial score (nSPS) is 15.0. The lowest BCUT2D eigenvalue weighted by Crippen LogP contribution is -2.47. The molecular formula is C28H36N2O4. The standard InChI is InChI=1S/C28H36N2O4/c1-5-21-11-13-24(14-12-21)27(28(33)34-4)30(20(3)31)19-26(32)29-17-15-23(16-18-29)25-10-8-7-9-22(25)6-2/h7-14,23,27H,5-6,15-19H2,1-4H3. The third-order valence-electron chi connectivity index (χ3n) is 6.87. The Morgan fingerprint density at radius 1 is 1.00 bits per heavy atom. The first-order valence-electron chi connectivity index (χ1n) is 12.2. The summed E-state index contributed by atoms with van der Waals surface area (Å²) < 4.78 is 5.01. The average molecular weight is 465 g/mol. The van der Waals surface area contributed by atoms with Gasteiger partial charge in [0.25, 0.3) is 0 Å². The van der Waals surface area contributed by atoms with E-state index in [1.807, 2.05) is 29.2 Å². The van der Waals surface area contributed by atoms with Crippen molar-refractivity contribution in [3.05, 3.63) is 70.8 Å². The van der Waals surface area contributed by atoms with Gasteiger partial charge in [-0.3, -0.25) is 9.59 Å². The molecule has 1 aliphatic rings. The van der Waals surface area contributed by atoms with Crippen LogP contribution in [0.5, 0.6) is 0 Å². The Kier molecular flexibility index (Phi) is 8.85. The summed E-state index contributed by atoms with van der Waals surface area (Å²) in [5.74, 6) is -0.599. The Morgan fingerprint density at radius 3 is 2.21 bits per heavy atom. The van der Waals surface area contributed by atoms with Crippen LogP contribution in [0.3, 0.4) is 0 Å². The second-order valence-electron chi connectivity index (χ2n) is 8.88. The highest BCUT2D eigenvalue weighted by atomic mass is 16.5. The van der Waals surface area contributed by atoms with Gasteiger partial charge < -0.3 is 14.5 Å². The fourth-order valence-corrected chi connectivity index (χ4v) is 4.82. The summed E-state index contributed by atoms with van der Waals surface area (Å²) in [7, 11) is 1.30. The molecule has 0 bridgehead atoms. The fraction of sp³-hybridized carbons (Fsp3) is 0.464. The molecule has 1 atom stereocenters. The van der Waals surface area contributed by atoms with E-state index in [1.54, 1.807) is 0 Å². The molecule has 1 heterocycles. The minimum atomic E-state index is -0.952. The number of carbonyl (C=O) groups is 3. The summed E-state index contributed by atoms with van der Waals surface area (Å²) >= 11 is 0. The Hall–Kier alpha value is -3.15. The minimum absolute atomic E-state index is 0.142. The van der Waals surface area contributed by atoms with Gasteiger partial charge in [-0.05, 0) is 53.9 Å². The van der Waals surface area contributed by atoms with Crippen molar-refractivity contribution in [3.63, 3.8) is 0 Å². The van der Waals surface area contributed by atoms with Gasteiger partial charge in [0, 0.05) is 20.0 Å². The van der Waals surface area contributed by atoms with Crippen LogP contribution in [0.15, 0.2) is 48.5 Å². The van der Waals surface area contributed by atoms with E-state index < -0.39 is 12.0 Å². The van der Waals surface area contributed by atoms with Crippen LogP contribution >= 0.6 is 0 Å². The van der Waals surface area contributed by atoms with Gasteiger partial charge in [-0.2, -0.15) is 0 Å². The first-order chi connectivity index (χ1) is 16.4. The molecular weight excluding hydrogens is 428 g/mol. The van der Waals surface area contributed by atoms with Crippen molar-refractivity contribution in [1.82, 2.24) is 9.80 Å². The molecule has 0 saturated carbocycles. The maximum absolute atomic E-state index is 13.2. The second-order valence-corrected chi connectivity index (χ2v) is 8.88. The molecule has 2 aromatic carbocycles. The van der Waals surface area contributed by atoms with Crippen LogP contribution in [0.4, 0.5) is 0 Å². The van der Waals surface area contributed by atoms with Crippen LogP contribution in [0, 0.1) is 0 Å². The highest BCUT2D eigenvalue weighted by Gasteiger charge is 2.34. The maximum Gasteiger partial charge on any atom is 0.333 e. The highest BCUT2D eigenvalue weighted by molar-refractivity contribution is 5.89. The largest absolute Gasteiger partial charge is 0.467 e. The lowest BCUT2D eigenvalue weighted by Gasteiger charge is -2.35.